The van der Waals surface area contributed by atoms with Crippen molar-refractivity contribution in [2.24, 2.45) is 5.92 Å². The number of halogens is 1. The number of aliphatic hydroxyl groups is 1. The molecule has 0 heterocycles. The molecule has 3 heteroatoms. The summed E-state index contributed by atoms with van der Waals surface area (Å²) in [6, 6.07) is 7.10. The van der Waals surface area contributed by atoms with Crippen LogP contribution in [0, 0.1) is 11.7 Å². The van der Waals surface area contributed by atoms with E-state index in [0.29, 0.717) is 12.0 Å². The van der Waals surface area contributed by atoms with Gasteiger partial charge >= 0.3 is 0 Å². The highest BCUT2D eigenvalue weighted by Gasteiger charge is 2.26. The molecule has 2 N–H and O–H groups in total. The summed E-state index contributed by atoms with van der Waals surface area (Å²) in [5, 5.41) is 12.6. The van der Waals surface area contributed by atoms with Crippen LogP contribution in [0.2, 0.25) is 0 Å². The van der Waals surface area contributed by atoms with Crippen molar-refractivity contribution >= 4 is 0 Å². The van der Waals surface area contributed by atoms with E-state index in [1.165, 1.54) is 6.07 Å². The second kappa shape index (κ2) is 5.61. The first-order valence-electron chi connectivity index (χ1n) is 6.29. The first-order valence-corrected chi connectivity index (χ1v) is 6.29. The van der Waals surface area contributed by atoms with Crippen LogP contribution >= 0.6 is 0 Å². The highest BCUT2D eigenvalue weighted by molar-refractivity contribution is 5.17. The fraction of sp³-hybridized carbons (Fsp3) is 0.571. The lowest BCUT2D eigenvalue weighted by Crippen LogP contribution is -2.39. The lowest BCUT2D eigenvalue weighted by Gasteiger charge is -2.32. The Labute approximate surface area is 102 Å². The standard InChI is InChI=1S/C14H20FNO/c1-10(16-9-12-7-14(17)8-12)5-11-3-2-4-13(15)6-11/h2-4,6,10,12,14,16-17H,5,7-9H2,1H3. The van der Waals surface area contributed by atoms with Crippen molar-refractivity contribution in [2.75, 3.05) is 6.54 Å². The summed E-state index contributed by atoms with van der Waals surface area (Å²) in [4.78, 5) is 0. The quantitative estimate of drug-likeness (QED) is 0.822. The van der Waals surface area contributed by atoms with Gasteiger partial charge in [-0.1, -0.05) is 12.1 Å². The van der Waals surface area contributed by atoms with Crippen molar-refractivity contribution < 1.29 is 9.50 Å². The van der Waals surface area contributed by atoms with Crippen LogP contribution in [0.4, 0.5) is 4.39 Å². The number of hydrogen-bond acceptors (Lipinski definition) is 2. The molecular weight excluding hydrogens is 217 g/mol. The summed E-state index contributed by atoms with van der Waals surface area (Å²) in [5.41, 5.74) is 1.03. The van der Waals surface area contributed by atoms with Crippen molar-refractivity contribution in [3.05, 3.63) is 35.6 Å². The normalized spacial score (nSPS) is 25.4. The molecule has 1 aromatic carbocycles. The molecule has 0 spiro atoms. The minimum atomic E-state index is -0.170. The van der Waals surface area contributed by atoms with Gasteiger partial charge in [0.15, 0.2) is 0 Å². The number of rotatable bonds is 5. The fourth-order valence-corrected chi connectivity index (χ4v) is 2.32. The molecule has 1 aliphatic rings. The average molecular weight is 237 g/mol. The van der Waals surface area contributed by atoms with E-state index in [-0.39, 0.29) is 11.9 Å². The SMILES string of the molecule is CC(Cc1cccc(F)c1)NCC1CC(O)C1. The van der Waals surface area contributed by atoms with Crippen molar-refractivity contribution in [1.82, 2.24) is 5.32 Å². The van der Waals surface area contributed by atoms with Crippen molar-refractivity contribution in [1.29, 1.82) is 0 Å². The van der Waals surface area contributed by atoms with Gasteiger partial charge in [-0.05, 0) is 56.3 Å². The van der Waals surface area contributed by atoms with Gasteiger partial charge in [-0.2, -0.15) is 0 Å². The lowest BCUT2D eigenvalue weighted by molar-refractivity contribution is 0.0421. The molecule has 1 aliphatic carbocycles. The molecule has 0 amide bonds. The summed E-state index contributed by atoms with van der Waals surface area (Å²) in [7, 11) is 0. The summed E-state index contributed by atoms with van der Waals surface area (Å²) in [6.07, 6.45) is 2.59. The topological polar surface area (TPSA) is 32.3 Å². The molecule has 1 saturated carbocycles. The molecule has 1 fully saturated rings. The molecule has 2 rings (SSSR count). The Bertz CT molecular complexity index is 363. The first kappa shape index (κ1) is 12.5. The van der Waals surface area contributed by atoms with Crippen LogP contribution in [0.15, 0.2) is 24.3 Å². The Hall–Kier alpha value is -0.930. The summed E-state index contributed by atoms with van der Waals surface area (Å²) in [6.45, 7) is 3.06. The maximum Gasteiger partial charge on any atom is 0.123 e. The Morgan fingerprint density at radius 2 is 2.24 bits per heavy atom. The smallest absolute Gasteiger partial charge is 0.123 e. The number of nitrogens with one attached hydrogen (secondary N) is 1. The third-order valence-corrected chi connectivity index (χ3v) is 3.40. The van der Waals surface area contributed by atoms with E-state index in [1.807, 2.05) is 6.07 Å². The molecule has 0 bridgehead atoms. The molecule has 0 aromatic heterocycles. The van der Waals surface area contributed by atoms with Gasteiger partial charge in [-0.15, -0.1) is 0 Å². The van der Waals surface area contributed by atoms with Crippen molar-refractivity contribution in [3.63, 3.8) is 0 Å². The van der Waals surface area contributed by atoms with E-state index in [2.05, 4.69) is 12.2 Å². The second-order valence-corrected chi connectivity index (χ2v) is 5.13. The Morgan fingerprint density at radius 1 is 1.47 bits per heavy atom. The van der Waals surface area contributed by atoms with Gasteiger partial charge in [0, 0.05) is 6.04 Å². The average Bonchev–Trinajstić information content (AvgIpc) is 2.23. The molecule has 17 heavy (non-hydrogen) atoms. The number of hydrogen-bond donors (Lipinski definition) is 2. The zero-order chi connectivity index (χ0) is 12.3. The molecule has 94 valence electrons. The number of aliphatic hydroxyl groups excluding tert-OH is 1. The highest BCUT2D eigenvalue weighted by atomic mass is 19.1. The van der Waals surface area contributed by atoms with Crippen molar-refractivity contribution in [3.8, 4) is 0 Å². The third-order valence-electron chi connectivity index (χ3n) is 3.40. The highest BCUT2D eigenvalue weighted by Crippen LogP contribution is 2.26. The molecule has 1 atom stereocenters. The van der Waals surface area contributed by atoms with Crippen LogP contribution in [-0.4, -0.2) is 23.8 Å². The lowest BCUT2D eigenvalue weighted by atomic mass is 9.82. The fourth-order valence-electron chi connectivity index (χ4n) is 2.32. The van der Waals surface area contributed by atoms with Crippen molar-refractivity contribution in [2.45, 2.75) is 38.3 Å². The van der Waals surface area contributed by atoms with E-state index in [0.717, 1.165) is 31.4 Å². The first-order chi connectivity index (χ1) is 8.13. The van der Waals surface area contributed by atoms with Gasteiger partial charge in [0.05, 0.1) is 6.10 Å². The Balaban J connectivity index is 1.71. The van der Waals surface area contributed by atoms with Gasteiger partial charge in [0.25, 0.3) is 0 Å². The van der Waals surface area contributed by atoms with Crippen LogP contribution in [-0.2, 0) is 6.42 Å². The summed E-state index contributed by atoms with van der Waals surface area (Å²) < 4.78 is 13.0. The molecule has 0 aliphatic heterocycles. The van der Waals surface area contributed by atoms with E-state index in [9.17, 15) is 9.50 Å². The van der Waals surface area contributed by atoms with Crippen LogP contribution < -0.4 is 5.32 Å². The molecule has 1 unspecified atom stereocenters. The van der Waals surface area contributed by atoms with E-state index >= 15 is 0 Å². The summed E-state index contributed by atoms with van der Waals surface area (Å²) >= 11 is 0. The van der Waals surface area contributed by atoms with Gasteiger partial charge in [-0.3, -0.25) is 0 Å². The van der Waals surface area contributed by atoms with Gasteiger partial charge in [-0.25, -0.2) is 4.39 Å². The van der Waals surface area contributed by atoms with Gasteiger partial charge in [0.2, 0.25) is 0 Å². The summed E-state index contributed by atoms with van der Waals surface area (Å²) in [5.74, 6) is 0.441. The monoisotopic (exact) mass is 237 g/mol. The molecule has 0 saturated heterocycles. The Kier molecular flexibility index (Phi) is 4.13. The predicted molar refractivity (Wildman–Crippen MR) is 66.3 cm³/mol. The van der Waals surface area contributed by atoms with Gasteiger partial charge in [0.1, 0.15) is 5.82 Å². The largest absolute Gasteiger partial charge is 0.393 e. The molecular formula is C14H20FNO. The van der Waals surface area contributed by atoms with Crippen LogP contribution in [0.5, 0.6) is 0 Å². The maximum absolute atomic E-state index is 13.0. The van der Waals surface area contributed by atoms with Gasteiger partial charge < -0.3 is 10.4 Å². The maximum atomic E-state index is 13.0. The molecule has 1 aromatic rings. The molecule has 0 radical (unpaired) electrons. The third kappa shape index (κ3) is 3.79. The minimum absolute atomic E-state index is 0.0830. The number of benzene rings is 1. The minimum Gasteiger partial charge on any atom is -0.393 e. The predicted octanol–water partition coefficient (Wildman–Crippen LogP) is 2.12. The zero-order valence-electron chi connectivity index (χ0n) is 10.2. The van der Waals surface area contributed by atoms with Crippen LogP contribution in [0.1, 0.15) is 25.3 Å². The van der Waals surface area contributed by atoms with Crippen LogP contribution in [0.3, 0.4) is 0 Å². The van der Waals surface area contributed by atoms with E-state index in [1.54, 1.807) is 12.1 Å². The van der Waals surface area contributed by atoms with Crippen LogP contribution in [0.25, 0.3) is 0 Å². The molecule has 2 nitrogen and oxygen atoms in total. The Morgan fingerprint density at radius 3 is 2.88 bits per heavy atom. The van der Waals surface area contributed by atoms with E-state index in [4.69, 9.17) is 0 Å². The second-order valence-electron chi connectivity index (χ2n) is 5.13. The zero-order valence-corrected chi connectivity index (χ0v) is 10.2. The van der Waals surface area contributed by atoms with E-state index < -0.39 is 0 Å².